The van der Waals surface area contributed by atoms with E-state index in [-0.39, 0.29) is 5.97 Å². The molecule has 3 nitrogen and oxygen atoms in total. The summed E-state index contributed by atoms with van der Waals surface area (Å²) in [5.74, 6) is 0.381. The van der Waals surface area contributed by atoms with E-state index in [1.54, 1.807) is 0 Å². The highest BCUT2D eigenvalue weighted by Gasteiger charge is 2.12. The fourth-order valence-electron chi connectivity index (χ4n) is 5.25. The van der Waals surface area contributed by atoms with Crippen molar-refractivity contribution in [3.8, 4) is 5.75 Å². The number of ether oxygens (including phenoxy) is 1. The predicted molar refractivity (Wildman–Crippen MR) is 164 cm³/mol. The number of hydrogen-bond acceptors (Lipinski definition) is 3. The quantitative estimate of drug-likeness (QED) is 0.0956. The molecule has 0 aliphatic heterocycles. The van der Waals surface area contributed by atoms with Crippen LogP contribution in [0.15, 0.2) is 12.1 Å². The summed E-state index contributed by atoms with van der Waals surface area (Å²) in [4.78, 5) is 12.3. The van der Waals surface area contributed by atoms with Crippen molar-refractivity contribution in [3.63, 3.8) is 0 Å². The van der Waals surface area contributed by atoms with Gasteiger partial charge < -0.3 is 9.84 Å². The van der Waals surface area contributed by atoms with Crippen LogP contribution >= 0.6 is 0 Å². The molecule has 1 aromatic carbocycles. The van der Waals surface area contributed by atoms with E-state index < -0.39 is 0 Å². The molecule has 3 heteroatoms. The summed E-state index contributed by atoms with van der Waals surface area (Å²) in [6.07, 6.45) is 28.9. The van der Waals surface area contributed by atoms with Gasteiger partial charge in [-0.2, -0.15) is 0 Å². The number of benzene rings is 1. The van der Waals surface area contributed by atoms with Crippen molar-refractivity contribution in [2.24, 2.45) is 0 Å². The number of aromatic hydroxyl groups is 1. The van der Waals surface area contributed by atoms with Gasteiger partial charge in [0.2, 0.25) is 0 Å². The maximum atomic E-state index is 12.3. The average molecular weight is 531 g/mol. The summed E-state index contributed by atoms with van der Waals surface area (Å²) >= 11 is 0. The normalized spacial score (nSPS) is 11.2. The Balaban J connectivity index is 2.07. The van der Waals surface area contributed by atoms with Crippen molar-refractivity contribution in [1.82, 2.24) is 0 Å². The van der Waals surface area contributed by atoms with Crippen LogP contribution in [0.3, 0.4) is 0 Å². The molecular weight excluding hydrogens is 468 g/mol. The zero-order valence-electron chi connectivity index (χ0n) is 25.6. The van der Waals surface area contributed by atoms with Crippen molar-refractivity contribution in [3.05, 3.63) is 28.8 Å². The number of carbonyl (C=O) groups is 1. The van der Waals surface area contributed by atoms with E-state index >= 15 is 0 Å². The lowest BCUT2D eigenvalue weighted by atomic mass is 9.95. The van der Waals surface area contributed by atoms with Crippen molar-refractivity contribution in [2.75, 3.05) is 6.61 Å². The van der Waals surface area contributed by atoms with Crippen LogP contribution in [0.4, 0.5) is 0 Å². The highest BCUT2D eigenvalue weighted by atomic mass is 16.5. The topological polar surface area (TPSA) is 46.5 Å². The molecule has 0 saturated carbocycles. The Hall–Kier alpha value is -1.51. The van der Waals surface area contributed by atoms with E-state index in [1.807, 2.05) is 0 Å². The number of esters is 1. The van der Waals surface area contributed by atoms with Crippen molar-refractivity contribution >= 4 is 5.97 Å². The highest BCUT2D eigenvalue weighted by Crippen LogP contribution is 2.28. The van der Waals surface area contributed by atoms with Crippen LogP contribution in [0.1, 0.15) is 172 Å². The molecule has 0 aromatic heterocycles. The van der Waals surface area contributed by atoms with Crippen LogP contribution < -0.4 is 0 Å². The monoisotopic (exact) mass is 530 g/mol. The SMILES string of the molecule is CCCCCCCCCCCCCCCCCCOC(=O)CCc1cc(CCCC)c(O)c(CCCC)c1. The minimum Gasteiger partial charge on any atom is -0.507 e. The minimum absolute atomic E-state index is 0.0933. The first-order valence-electron chi connectivity index (χ1n) is 16.6. The van der Waals surface area contributed by atoms with Gasteiger partial charge in [0.05, 0.1) is 6.61 Å². The molecule has 0 aliphatic carbocycles. The molecule has 0 radical (unpaired) electrons. The first kappa shape index (κ1) is 34.5. The molecule has 0 heterocycles. The molecule has 0 amide bonds. The maximum absolute atomic E-state index is 12.3. The zero-order chi connectivity index (χ0) is 27.7. The predicted octanol–water partition coefficient (Wildman–Crippen LogP) is 10.8. The summed E-state index contributed by atoms with van der Waals surface area (Å²) in [6.45, 7) is 7.19. The third-order valence-electron chi connectivity index (χ3n) is 7.81. The van der Waals surface area contributed by atoms with Crippen LogP contribution in [0.2, 0.25) is 0 Å². The van der Waals surface area contributed by atoms with Gasteiger partial charge in [-0.15, -0.1) is 0 Å². The summed E-state index contributed by atoms with van der Waals surface area (Å²) in [6, 6.07) is 4.20. The number of rotatable bonds is 26. The standard InChI is InChI=1S/C35H62O3/c1-4-7-10-11-12-13-14-15-16-17-18-19-20-21-22-23-28-38-34(36)27-26-31-29-32(24-8-5-2)35(37)33(30-31)25-9-6-3/h29-30,37H,4-28H2,1-3H3. The lowest BCUT2D eigenvalue weighted by Crippen LogP contribution is -2.07. The summed E-state index contributed by atoms with van der Waals surface area (Å²) < 4.78 is 5.51. The van der Waals surface area contributed by atoms with E-state index in [0.717, 1.165) is 68.1 Å². The van der Waals surface area contributed by atoms with E-state index in [4.69, 9.17) is 4.74 Å². The van der Waals surface area contributed by atoms with Crippen LogP contribution in [-0.4, -0.2) is 17.7 Å². The van der Waals surface area contributed by atoms with Crippen molar-refractivity contribution < 1.29 is 14.6 Å². The van der Waals surface area contributed by atoms with Gasteiger partial charge in [0.15, 0.2) is 0 Å². The Bertz CT molecular complexity index is 667. The summed E-state index contributed by atoms with van der Waals surface area (Å²) in [5, 5.41) is 10.7. The minimum atomic E-state index is -0.0933. The number of phenols is 1. The van der Waals surface area contributed by atoms with E-state index in [9.17, 15) is 9.90 Å². The molecular formula is C35H62O3. The lowest BCUT2D eigenvalue weighted by molar-refractivity contribution is -0.143. The average Bonchev–Trinajstić information content (AvgIpc) is 2.92. The molecule has 38 heavy (non-hydrogen) atoms. The van der Waals surface area contributed by atoms with Gasteiger partial charge in [-0.05, 0) is 55.2 Å². The van der Waals surface area contributed by atoms with Gasteiger partial charge in [-0.25, -0.2) is 0 Å². The second-order valence-electron chi connectivity index (χ2n) is 11.5. The van der Waals surface area contributed by atoms with E-state index in [1.165, 1.54) is 89.9 Å². The smallest absolute Gasteiger partial charge is 0.306 e. The number of aryl methyl sites for hydroxylation is 3. The molecule has 1 N–H and O–H groups in total. The van der Waals surface area contributed by atoms with Crippen LogP contribution in [0.25, 0.3) is 0 Å². The van der Waals surface area contributed by atoms with Gasteiger partial charge in [0.1, 0.15) is 5.75 Å². The highest BCUT2D eigenvalue weighted by molar-refractivity contribution is 5.69. The molecule has 0 aliphatic rings. The van der Waals surface area contributed by atoms with Gasteiger partial charge in [0.25, 0.3) is 0 Å². The molecule has 1 aromatic rings. The number of unbranched alkanes of at least 4 members (excludes halogenated alkanes) is 17. The number of carbonyl (C=O) groups excluding carboxylic acids is 1. The Morgan fingerprint density at radius 3 is 1.39 bits per heavy atom. The Kier molecular flexibility index (Phi) is 22.3. The second kappa shape index (κ2) is 24.5. The Labute approximate surface area is 236 Å². The molecule has 0 fully saturated rings. The van der Waals surface area contributed by atoms with Crippen LogP contribution in [0, 0.1) is 0 Å². The lowest BCUT2D eigenvalue weighted by Gasteiger charge is -2.13. The van der Waals surface area contributed by atoms with E-state index in [0.29, 0.717) is 25.2 Å². The fraction of sp³-hybridized carbons (Fsp3) is 0.800. The Morgan fingerprint density at radius 1 is 0.579 bits per heavy atom. The van der Waals surface area contributed by atoms with Crippen LogP contribution in [-0.2, 0) is 28.8 Å². The molecule has 0 unspecified atom stereocenters. The zero-order valence-corrected chi connectivity index (χ0v) is 25.6. The third kappa shape index (κ3) is 17.9. The number of phenolic OH excluding ortho intramolecular Hbond substituents is 1. The molecule has 220 valence electrons. The largest absolute Gasteiger partial charge is 0.507 e. The van der Waals surface area contributed by atoms with Crippen molar-refractivity contribution in [2.45, 2.75) is 175 Å². The first-order valence-corrected chi connectivity index (χ1v) is 16.6. The fourth-order valence-corrected chi connectivity index (χ4v) is 5.25. The summed E-state index contributed by atoms with van der Waals surface area (Å²) in [5.41, 5.74) is 3.23. The molecule has 1 rings (SSSR count). The van der Waals surface area contributed by atoms with Gasteiger partial charge >= 0.3 is 5.97 Å². The number of hydrogen-bond donors (Lipinski definition) is 1. The molecule has 0 saturated heterocycles. The molecule has 0 bridgehead atoms. The van der Waals surface area contributed by atoms with Gasteiger partial charge in [0, 0.05) is 6.42 Å². The third-order valence-corrected chi connectivity index (χ3v) is 7.81. The summed E-state index contributed by atoms with van der Waals surface area (Å²) in [7, 11) is 0. The second-order valence-corrected chi connectivity index (χ2v) is 11.5. The van der Waals surface area contributed by atoms with Crippen molar-refractivity contribution in [1.29, 1.82) is 0 Å². The maximum Gasteiger partial charge on any atom is 0.306 e. The van der Waals surface area contributed by atoms with E-state index in [2.05, 4.69) is 32.9 Å². The first-order chi connectivity index (χ1) is 18.6. The molecule has 0 spiro atoms. The molecule has 0 atom stereocenters. The Morgan fingerprint density at radius 2 is 0.974 bits per heavy atom. The van der Waals surface area contributed by atoms with Gasteiger partial charge in [-0.3, -0.25) is 4.79 Å². The van der Waals surface area contributed by atoms with Crippen LogP contribution in [0.5, 0.6) is 5.75 Å². The van der Waals surface area contributed by atoms with Gasteiger partial charge in [-0.1, -0.05) is 142 Å².